The predicted molar refractivity (Wildman–Crippen MR) is 122 cm³/mol. The Hall–Kier alpha value is -2.46. The summed E-state index contributed by atoms with van der Waals surface area (Å²) in [5.74, 6) is 0. The Balaban J connectivity index is 2.18. The van der Waals surface area contributed by atoms with Gasteiger partial charge in [0.2, 0.25) is 0 Å². The van der Waals surface area contributed by atoms with E-state index in [1.54, 1.807) is 0 Å². The summed E-state index contributed by atoms with van der Waals surface area (Å²) in [6, 6.07) is 13.9. The van der Waals surface area contributed by atoms with Gasteiger partial charge in [0.25, 0.3) is 0 Å². The quantitative estimate of drug-likeness (QED) is 0.398. The van der Waals surface area contributed by atoms with E-state index in [4.69, 9.17) is 0 Å². The summed E-state index contributed by atoms with van der Waals surface area (Å²) in [4.78, 5) is 0. The summed E-state index contributed by atoms with van der Waals surface area (Å²) in [5.41, 5.74) is 5.06. The second kappa shape index (κ2) is 10.9. The van der Waals surface area contributed by atoms with Crippen molar-refractivity contribution in [1.82, 2.24) is 0 Å². The summed E-state index contributed by atoms with van der Waals surface area (Å²) < 4.78 is 0. The fourth-order valence-electron chi connectivity index (χ4n) is 3.08. The fourth-order valence-corrected chi connectivity index (χ4v) is 3.08. The van der Waals surface area contributed by atoms with Crippen LogP contribution in [0.1, 0.15) is 61.4 Å². The Bertz CT molecular complexity index is 887. The number of benzene rings is 2. The molecule has 0 radical (unpaired) electrons. The summed E-state index contributed by atoms with van der Waals surface area (Å²) >= 11 is 0. The molecule has 0 spiro atoms. The molecule has 0 saturated carbocycles. The minimum Gasteiger partial charge on any atom is -0.392 e. The number of hydrogen-bond donors (Lipinski definition) is 3. The first-order valence-electron chi connectivity index (χ1n) is 10.1. The number of hydrogen-bond acceptors (Lipinski definition) is 3. The molecule has 0 unspecified atom stereocenters. The lowest BCUT2D eigenvalue weighted by Crippen LogP contribution is -2.22. The third kappa shape index (κ3) is 6.53. The van der Waals surface area contributed by atoms with Crippen LogP contribution < -0.4 is 0 Å². The highest BCUT2D eigenvalue weighted by atomic mass is 16.3. The summed E-state index contributed by atoms with van der Waals surface area (Å²) in [7, 11) is 0. The van der Waals surface area contributed by atoms with E-state index in [0.717, 1.165) is 33.4 Å². The van der Waals surface area contributed by atoms with Crippen molar-refractivity contribution in [2.45, 2.75) is 52.4 Å². The lowest BCUT2D eigenvalue weighted by molar-refractivity contribution is 0.0828. The molecular formula is C26H32O3. The van der Waals surface area contributed by atoms with E-state index in [1.165, 1.54) is 0 Å². The van der Waals surface area contributed by atoms with Crippen LogP contribution in [0.2, 0.25) is 0 Å². The molecule has 2 aromatic carbocycles. The molecule has 3 nitrogen and oxygen atoms in total. The summed E-state index contributed by atoms with van der Waals surface area (Å²) in [6.45, 7) is 5.87. The first-order chi connectivity index (χ1) is 13.9. The van der Waals surface area contributed by atoms with Gasteiger partial charge in [-0.1, -0.05) is 74.6 Å². The Morgan fingerprint density at radius 2 is 1.55 bits per heavy atom. The van der Waals surface area contributed by atoms with Crippen molar-refractivity contribution in [2.75, 3.05) is 0 Å². The van der Waals surface area contributed by atoms with E-state index in [2.05, 4.69) is 19.1 Å². The Kier molecular flexibility index (Phi) is 8.59. The zero-order valence-electron chi connectivity index (χ0n) is 17.6. The van der Waals surface area contributed by atoms with Crippen molar-refractivity contribution < 1.29 is 15.3 Å². The van der Waals surface area contributed by atoms with Gasteiger partial charge in [-0.3, -0.25) is 0 Å². The van der Waals surface area contributed by atoms with Crippen LogP contribution in [0.3, 0.4) is 0 Å². The minimum atomic E-state index is -0.736. The van der Waals surface area contributed by atoms with E-state index >= 15 is 0 Å². The topological polar surface area (TPSA) is 60.7 Å². The Morgan fingerprint density at radius 1 is 0.897 bits per heavy atom. The van der Waals surface area contributed by atoms with Crippen LogP contribution in [-0.4, -0.2) is 20.9 Å². The maximum atomic E-state index is 10.4. The van der Waals surface area contributed by atoms with E-state index in [1.807, 2.05) is 74.6 Å². The normalized spacial score (nSPS) is 13.0. The number of allylic oxidation sites excluding steroid dienone is 3. The lowest BCUT2D eigenvalue weighted by Gasteiger charge is -2.19. The van der Waals surface area contributed by atoms with Crippen molar-refractivity contribution in [3.63, 3.8) is 0 Å². The van der Waals surface area contributed by atoms with E-state index in [9.17, 15) is 15.3 Å². The molecule has 0 heterocycles. The number of aliphatic hydroxyl groups is 3. The monoisotopic (exact) mass is 392 g/mol. The van der Waals surface area contributed by atoms with Gasteiger partial charge < -0.3 is 15.3 Å². The van der Waals surface area contributed by atoms with Crippen LogP contribution in [0.25, 0.3) is 17.7 Å². The molecule has 0 saturated heterocycles. The van der Waals surface area contributed by atoms with E-state index in [0.29, 0.717) is 12.8 Å². The minimum absolute atomic E-state index is 0.0735. The average molecular weight is 393 g/mol. The fraction of sp³-hybridized carbons (Fsp3) is 0.308. The maximum absolute atomic E-state index is 10.4. The van der Waals surface area contributed by atoms with Crippen LogP contribution in [-0.2, 0) is 13.2 Å². The van der Waals surface area contributed by atoms with E-state index in [-0.39, 0.29) is 13.2 Å². The largest absolute Gasteiger partial charge is 0.392 e. The lowest BCUT2D eigenvalue weighted by atomic mass is 9.96. The summed E-state index contributed by atoms with van der Waals surface area (Å²) in [5, 5.41) is 29.1. The van der Waals surface area contributed by atoms with Crippen molar-refractivity contribution in [3.8, 4) is 0 Å². The number of rotatable bonds is 9. The van der Waals surface area contributed by atoms with E-state index < -0.39 is 5.60 Å². The van der Waals surface area contributed by atoms with Gasteiger partial charge in [0.05, 0.1) is 18.8 Å². The highest BCUT2D eigenvalue weighted by Gasteiger charge is 2.16. The third-order valence-electron chi connectivity index (χ3n) is 5.36. The highest BCUT2D eigenvalue weighted by Crippen LogP contribution is 2.20. The smallest absolute Gasteiger partial charge is 0.0825 e. The molecule has 0 atom stereocenters. The van der Waals surface area contributed by atoms with Gasteiger partial charge in [-0.05, 0) is 65.3 Å². The van der Waals surface area contributed by atoms with Gasteiger partial charge in [-0.2, -0.15) is 0 Å². The zero-order valence-corrected chi connectivity index (χ0v) is 17.6. The first kappa shape index (κ1) is 22.8. The standard InChI is InChI=1S/C26H32O3/c1-4-26(29,5-2)15-7-8-20(3)23-10-6-9-21(16-23)11-12-22-13-14-24(18-27)25(17-22)19-28/h6-17,27-29H,4-5,18-19H2,1-3H3/b12-11+,15-7+,20-8+. The van der Waals surface area contributed by atoms with Crippen LogP contribution in [0, 0.1) is 0 Å². The molecule has 0 aliphatic rings. The molecule has 154 valence electrons. The average Bonchev–Trinajstić information content (AvgIpc) is 2.77. The number of aliphatic hydroxyl groups excluding tert-OH is 2. The van der Waals surface area contributed by atoms with Gasteiger partial charge >= 0.3 is 0 Å². The molecule has 0 amide bonds. The molecule has 29 heavy (non-hydrogen) atoms. The SMILES string of the molecule is CCC(O)(/C=C/C=C(\C)c1cccc(/C=C/c2ccc(CO)c(CO)c2)c1)CC. The molecule has 2 aromatic rings. The van der Waals surface area contributed by atoms with Crippen LogP contribution in [0.5, 0.6) is 0 Å². The first-order valence-corrected chi connectivity index (χ1v) is 10.1. The van der Waals surface area contributed by atoms with Crippen molar-refractivity contribution in [1.29, 1.82) is 0 Å². The molecular weight excluding hydrogens is 360 g/mol. The molecule has 0 aliphatic carbocycles. The Labute approximate surface area is 174 Å². The van der Waals surface area contributed by atoms with Gasteiger partial charge in [0, 0.05) is 0 Å². The van der Waals surface area contributed by atoms with Crippen molar-refractivity contribution in [2.24, 2.45) is 0 Å². The molecule has 0 aliphatic heterocycles. The van der Waals surface area contributed by atoms with Crippen LogP contribution >= 0.6 is 0 Å². The van der Waals surface area contributed by atoms with Crippen LogP contribution in [0.4, 0.5) is 0 Å². The predicted octanol–water partition coefficient (Wildman–Crippen LogP) is 5.35. The molecule has 3 N–H and O–H groups in total. The second-order valence-electron chi connectivity index (χ2n) is 7.32. The Morgan fingerprint density at radius 3 is 2.17 bits per heavy atom. The van der Waals surface area contributed by atoms with Gasteiger partial charge in [-0.25, -0.2) is 0 Å². The van der Waals surface area contributed by atoms with Crippen molar-refractivity contribution >= 4 is 17.7 Å². The van der Waals surface area contributed by atoms with Gasteiger partial charge in [0.1, 0.15) is 0 Å². The van der Waals surface area contributed by atoms with Gasteiger partial charge in [0.15, 0.2) is 0 Å². The van der Waals surface area contributed by atoms with Crippen molar-refractivity contribution in [3.05, 3.63) is 88.5 Å². The molecule has 0 fully saturated rings. The molecule has 2 rings (SSSR count). The molecule has 0 aromatic heterocycles. The van der Waals surface area contributed by atoms with Crippen LogP contribution in [0.15, 0.2) is 60.7 Å². The summed E-state index contributed by atoms with van der Waals surface area (Å²) in [6.07, 6.45) is 11.3. The zero-order chi connectivity index (χ0) is 21.3. The second-order valence-corrected chi connectivity index (χ2v) is 7.32. The van der Waals surface area contributed by atoms with Gasteiger partial charge in [-0.15, -0.1) is 0 Å². The highest BCUT2D eigenvalue weighted by molar-refractivity contribution is 5.73. The molecule has 0 bridgehead atoms. The third-order valence-corrected chi connectivity index (χ3v) is 5.36. The molecule has 3 heteroatoms. The maximum Gasteiger partial charge on any atom is 0.0825 e.